The molecule has 9 heavy (non-hydrogen) atoms. The quantitative estimate of drug-likeness (QED) is 0.318. The normalized spacial score (nSPS) is 7.67. The number of rotatable bonds is 5. The van der Waals surface area contributed by atoms with Gasteiger partial charge in [0.1, 0.15) is 0 Å². The topological polar surface area (TPSA) is 9.23 Å². The summed E-state index contributed by atoms with van der Waals surface area (Å²) in [6, 6.07) is 0. The molecule has 0 atom stereocenters. The van der Waals surface area contributed by atoms with Crippen molar-refractivity contribution in [3.63, 3.8) is 0 Å². The Hall–Kier alpha value is -0.243. The Kier molecular flexibility index (Phi) is 13.7. The van der Waals surface area contributed by atoms with Crippen molar-refractivity contribution < 1.29 is 4.74 Å². The minimum Gasteiger partial charge on any atom is -0.502 e. The second-order valence-corrected chi connectivity index (χ2v) is 1.74. The lowest BCUT2D eigenvalue weighted by molar-refractivity contribution is 0.243. The van der Waals surface area contributed by atoms with Crippen LogP contribution in [0.4, 0.5) is 0 Å². The van der Waals surface area contributed by atoms with Crippen LogP contribution in [0.5, 0.6) is 0 Å². The summed E-state index contributed by atoms with van der Waals surface area (Å²) in [6.07, 6.45) is 5.16. The summed E-state index contributed by atoms with van der Waals surface area (Å²) < 4.78 is 4.90. The van der Waals surface area contributed by atoms with Gasteiger partial charge in [0.25, 0.3) is 0 Å². The molecule has 0 aromatic heterocycles. The molecule has 0 aromatic carbocycles. The van der Waals surface area contributed by atoms with E-state index in [1.165, 1.54) is 19.1 Å². The van der Waals surface area contributed by atoms with Gasteiger partial charge in [-0.1, -0.05) is 26.3 Å². The monoisotopic (exact) mass is 146 g/mol. The molecule has 0 aliphatic carbocycles. The van der Waals surface area contributed by atoms with Crippen LogP contribution in [0.25, 0.3) is 0 Å². The highest BCUT2D eigenvalue weighted by molar-refractivity contribution is 5.75. The maximum Gasteiger partial charge on any atom is 0.0873 e. The molecule has 0 aliphatic rings. The van der Waals surface area contributed by atoms with Crippen LogP contribution < -0.4 is 0 Å². The van der Waals surface area contributed by atoms with Gasteiger partial charge in [-0.2, -0.15) is 0 Å². The molecule has 0 spiro atoms. The van der Waals surface area contributed by atoms with Crippen molar-refractivity contribution in [3.05, 3.63) is 12.8 Å². The van der Waals surface area contributed by atoms with Gasteiger partial charge in [0.05, 0.1) is 12.9 Å². The van der Waals surface area contributed by atoms with E-state index in [2.05, 4.69) is 13.5 Å². The fraction of sp³-hybridized carbons (Fsp3) is 0.714. The van der Waals surface area contributed by atoms with E-state index < -0.39 is 0 Å². The second-order valence-electron chi connectivity index (χ2n) is 1.74. The summed E-state index contributed by atoms with van der Waals surface area (Å²) in [5.41, 5.74) is 0. The summed E-state index contributed by atoms with van der Waals surface area (Å²) in [5, 5.41) is 0. The van der Waals surface area contributed by atoms with E-state index in [0.29, 0.717) is 0 Å². The highest BCUT2D eigenvalue weighted by atomic mass is 28.1. The molecule has 2 heteroatoms. The van der Waals surface area contributed by atoms with Gasteiger partial charge in [-0.25, -0.2) is 0 Å². The summed E-state index contributed by atoms with van der Waals surface area (Å²) in [5.74, 6) is 0. The van der Waals surface area contributed by atoms with Crippen LogP contribution in [0.15, 0.2) is 12.8 Å². The first-order valence-corrected chi connectivity index (χ1v) is 3.14. The van der Waals surface area contributed by atoms with E-state index in [-0.39, 0.29) is 11.0 Å². The molecule has 0 aromatic rings. The van der Waals surface area contributed by atoms with Gasteiger partial charge in [-0.3, -0.25) is 0 Å². The number of unbranched alkanes of at least 4 members (excludes halogenated alkanes) is 2. The van der Waals surface area contributed by atoms with Crippen LogP contribution in [0, 0.1) is 0 Å². The van der Waals surface area contributed by atoms with E-state index >= 15 is 0 Å². The summed E-state index contributed by atoms with van der Waals surface area (Å²) in [4.78, 5) is 0. The first-order chi connectivity index (χ1) is 3.91. The lowest BCUT2D eigenvalue weighted by Crippen LogP contribution is -1.84. The standard InChI is InChI=1S/C7H14O.H4Si/c1-3-5-6-7-8-4-2;/h4H,2-3,5-7H2,1H3;1H4. The van der Waals surface area contributed by atoms with Gasteiger partial charge in [-0.15, -0.1) is 0 Å². The Morgan fingerprint density at radius 1 is 1.44 bits per heavy atom. The fourth-order valence-electron chi connectivity index (χ4n) is 0.519. The molecule has 0 fully saturated rings. The molecule has 0 N–H and O–H groups in total. The van der Waals surface area contributed by atoms with Gasteiger partial charge in [0.2, 0.25) is 0 Å². The van der Waals surface area contributed by atoms with Crippen molar-refractivity contribution in [1.29, 1.82) is 0 Å². The lowest BCUT2D eigenvalue weighted by Gasteiger charge is -1.96. The molecule has 0 saturated heterocycles. The average molecular weight is 146 g/mol. The van der Waals surface area contributed by atoms with Gasteiger partial charge in [-0.05, 0) is 17.4 Å². The highest BCUT2D eigenvalue weighted by Crippen LogP contribution is 1.93. The molecular formula is C7H18OSi. The minimum absolute atomic E-state index is 0. The van der Waals surface area contributed by atoms with Crippen molar-refractivity contribution in [2.45, 2.75) is 26.2 Å². The van der Waals surface area contributed by atoms with Crippen LogP contribution >= 0.6 is 0 Å². The SMILES string of the molecule is C=COCCCCC.[SiH4]. The smallest absolute Gasteiger partial charge is 0.0873 e. The Morgan fingerprint density at radius 3 is 2.56 bits per heavy atom. The molecule has 0 amide bonds. The third kappa shape index (κ3) is 11.4. The zero-order valence-electron chi connectivity index (χ0n) is 5.52. The van der Waals surface area contributed by atoms with Gasteiger partial charge in [0, 0.05) is 0 Å². The van der Waals surface area contributed by atoms with Crippen LogP contribution in [-0.2, 0) is 4.74 Å². The third-order valence-electron chi connectivity index (χ3n) is 0.984. The summed E-state index contributed by atoms with van der Waals surface area (Å²) in [6.45, 7) is 6.44. The highest BCUT2D eigenvalue weighted by Gasteiger charge is 1.81. The molecule has 0 aliphatic heterocycles. The van der Waals surface area contributed by atoms with Crippen molar-refractivity contribution in [1.82, 2.24) is 0 Å². The van der Waals surface area contributed by atoms with Crippen molar-refractivity contribution in [2.75, 3.05) is 6.61 Å². The van der Waals surface area contributed by atoms with Crippen molar-refractivity contribution in [3.8, 4) is 0 Å². The average Bonchev–Trinajstić information content (AvgIpc) is 1.81. The van der Waals surface area contributed by atoms with Gasteiger partial charge < -0.3 is 4.74 Å². The largest absolute Gasteiger partial charge is 0.502 e. The van der Waals surface area contributed by atoms with E-state index in [4.69, 9.17) is 4.74 Å². The molecule has 0 saturated carbocycles. The van der Waals surface area contributed by atoms with Crippen LogP contribution in [0.1, 0.15) is 26.2 Å². The summed E-state index contributed by atoms with van der Waals surface area (Å²) in [7, 11) is 0. The summed E-state index contributed by atoms with van der Waals surface area (Å²) >= 11 is 0. The molecule has 1 nitrogen and oxygen atoms in total. The van der Waals surface area contributed by atoms with Gasteiger partial charge >= 0.3 is 0 Å². The predicted octanol–water partition coefficient (Wildman–Crippen LogP) is 0.885. The molecule has 0 unspecified atom stereocenters. The Morgan fingerprint density at radius 2 is 2.11 bits per heavy atom. The van der Waals surface area contributed by atoms with Crippen LogP contribution in [0.3, 0.4) is 0 Å². The maximum absolute atomic E-state index is 4.90. The molecular weight excluding hydrogens is 128 g/mol. The Balaban J connectivity index is 0. The van der Waals surface area contributed by atoms with E-state index in [1.807, 2.05) is 0 Å². The van der Waals surface area contributed by atoms with Crippen LogP contribution in [0.2, 0.25) is 0 Å². The van der Waals surface area contributed by atoms with E-state index in [1.54, 1.807) is 0 Å². The van der Waals surface area contributed by atoms with E-state index in [0.717, 1.165) is 13.0 Å². The van der Waals surface area contributed by atoms with E-state index in [9.17, 15) is 0 Å². The van der Waals surface area contributed by atoms with Gasteiger partial charge in [0.15, 0.2) is 0 Å². The fourth-order valence-corrected chi connectivity index (χ4v) is 0.519. The number of ether oxygens (including phenoxy) is 1. The minimum atomic E-state index is 0. The van der Waals surface area contributed by atoms with Crippen LogP contribution in [-0.4, -0.2) is 17.6 Å². The molecule has 0 heterocycles. The molecule has 0 rings (SSSR count). The zero-order chi connectivity index (χ0) is 6.24. The molecule has 0 radical (unpaired) electrons. The second kappa shape index (κ2) is 10.7. The Labute approximate surface area is 62.1 Å². The number of hydrogen-bond donors (Lipinski definition) is 0. The first kappa shape index (κ1) is 11.5. The maximum atomic E-state index is 4.90. The first-order valence-electron chi connectivity index (χ1n) is 3.14. The van der Waals surface area contributed by atoms with Crippen molar-refractivity contribution in [2.24, 2.45) is 0 Å². The lowest BCUT2D eigenvalue weighted by atomic mass is 10.3. The number of hydrogen-bond acceptors (Lipinski definition) is 1. The predicted molar refractivity (Wildman–Crippen MR) is 47.0 cm³/mol. The zero-order valence-corrected chi connectivity index (χ0v) is 5.52. The van der Waals surface area contributed by atoms with Crippen molar-refractivity contribution >= 4 is 11.0 Å². The molecule has 0 bridgehead atoms. The molecule has 56 valence electrons. The third-order valence-corrected chi connectivity index (χ3v) is 0.984. The Bertz CT molecular complexity index is 54.9.